The molecule has 2 aromatic rings. The summed E-state index contributed by atoms with van der Waals surface area (Å²) in [5.74, 6) is 0. The average Bonchev–Trinajstić information content (AvgIpc) is 3.07. The van der Waals surface area contributed by atoms with Crippen molar-refractivity contribution < 1.29 is 8.42 Å². The highest BCUT2D eigenvalue weighted by molar-refractivity contribution is 7.91. The summed E-state index contributed by atoms with van der Waals surface area (Å²) in [5, 5.41) is 7.30. The zero-order valence-electron chi connectivity index (χ0n) is 12.1. The fraction of sp³-hybridized carbons (Fsp3) is 0.462. The van der Waals surface area contributed by atoms with E-state index in [2.05, 4.69) is 29.0 Å². The van der Waals surface area contributed by atoms with Gasteiger partial charge in [0.1, 0.15) is 4.21 Å². The van der Waals surface area contributed by atoms with E-state index in [1.54, 1.807) is 23.1 Å². The molecule has 0 saturated carbocycles. The topological polar surface area (TPSA) is 76.0 Å². The summed E-state index contributed by atoms with van der Waals surface area (Å²) in [4.78, 5) is 1.01. The minimum absolute atomic E-state index is 0.321. The van der Waals surface area contributed by atoms with Crippen molar-refractivity contribution in [1.82, 2.24) is 19.8 Å². The zero-order chi connectivity index (χ0) is 15.3. The van der Waals surface area contributed by atoms with Crippen molar-refractivity contribution in [3.05, 3.63) is 35.5 Å². The molecule has 0 spiro atoms. The first kappa shape index (κ1) is 16.2. The standard InChI is InChI=1S/C13H20N4O2S2/c1-11(2)14-10-12-4-5-13(20-12)21(18,19)16-7-9-17-8-3-6-15-17/h3-6,8,11,14,16H,7,9-10H2,1-2H3. The van der Waals surface area contributed by atoms with Crippen LogP contribution in [0.2, 0.25) is 0 Å². The molecule has 2 heterocycles. The van der Waals surface area contributed by atoms with Gasteiger partial charge in [0, 0.05) is 36.4 Å². The SMILES string of the molecule is CC(C)NCc1ccc(S(=O)(=O)NCCn2cccn2)s1. The Morgan fingerprint density at radius 1 is 1.38 bits per heavy atom. The van der Waals surface area contributed by atoms with E-state index in [4.69, 9.17) is 0 Å². The molecule has 6 nitrogen and oxygen atoms in total. The number of hydrogen-bond donors (Lipinski definition) is 2. The number of thiophene rings is 1. The lowest BCUT2D eigenvalue weighted by Crippen LogP contribution is -2.27. The van der Waals surface area contributed by atoms with Gasteiger partial charge in [-0.15, -0.1) is 11.3 Å². The number of aromatic nitrogens is 2. The normalized spacial score (nSPS) is 12.1. The third kappa shape index (κ3) is 4.92. The molecule has 0 aliphatic rings. The Morgan fingerprint density at radius 2 is 2.19 bits per heavy atom. The Bertz CT molecular complexity index is 648. The van der Waals surface area contributed by atoms with Gasteiger partial charge in [0.2, 0.25) is 10.0 Å². The highest BCUT2D eigenvalue weighted by atomic mass is 32.2. The van der Waals surface area contributed by atoms with E-state index in [0.29, 0.717) is 29.9 Å². The van der Waals surface area contributed by atoms with Crippen molar-refractivity contribution in [1.29, 1.82) is 0 Å². The lowest BCUT2D eigenvalue weighted by Gasteiger charge is -2.06. The second kappa shape index (κ2) is 7.17. The maximum Gasteiger partial charge on any atom is 0.250 e. The smallest absolute Gasteiger partial charge is 0.250 e. The summed E-state index contributed by atoms with van der Waals surface area (Å²) in [6, 6.07) is 5.68. The number of hydrogen-bond acceptors (Lipinski definition) is 5. The molecule has 116 valence electrons. The maximum atomic E-state index is 12.2. The monoisotopic (exact) mass is 328 g/mol. The third-order valence-electron chi connectivity index (χ3n) is 2.78. The molecular weight excluding hydrogens is 308 g/mol. The van der Waals surface area contributed by atoms with Crippen LogP contribution in [-0.2, 0) is 23.1 Å². The van der Waals surface area contributed by atoms with E-state index in [1.807, 2.05) is 12.1 Å². The lowest BCUT2D eigenvalue weighted by atomic mass is 10.4. The molecule has 2 rings (SSSR count). The summed E-state index contributed by atoms with van der Waals surface area (Å²) < 4.78 is 29.0. The van der Waals surface area contributed by atoms with Crippen LogP contribution in [0.1, 0.15) is 18.7 Å². The summed E-state index contributed by atoms with van der Waals surface area (Å²) >= 11 is 1.29. The van der Waals surface area contributed by atoms with Crippen LogP contribution in [-0.4, -0.2) is 30.8 Å². The van der Waals surface area contributed by atoms with Crippen LogP contribution in [0.15, 0.2) is 34.8 Å². The van der Waals surface area contributed by atoms with Crippen LogP contribution in [0, 0.1) is 0 Å². The van der Waals surface area contributed by atoms with E-state index in [-0.39, 0.29) is 0 Å². The van der Waals surface area contributed by atoms with Gasteiger partial charge in [0.25, 0.3) is 0 Å². The minimum Gasteiger partial charge on any atom is -0.310 e. The van der Waals surface area contributed by atoms with E-state index in [9.17, 15) is 8.42 Å². The van der Waals surface area contributed by atoms with Crippen LogP contribution in [0.5, 0.6) is 0 Å². The molecular formula is C13H20N4O2S2. The molecule has 0 bridgehead atoms. The highest BCUT2D eigenvalue weighted by Gasteiger charge is 2.16. The molecule has 8 heteroatoms. The van der Waals surface area contributed by atoms with Crippen LogP contribution < -0.4 is 10.0 Å². The van der Waals surface area contributed by atoms with Crippen molar-refractivity contribution in [3.63, 3.8) is 0 Å². The van der Waals surface area contributed by atoms with E-state index < -0.39 is 10.0 Å². The second-order valence-corrected chi connectivity index (χ2v) is 8.09. The van der Waals surface area contributed by atoms with Crippen molar-refractivity contribution >= 4 is 21.4 Å². The molecule has 2 N–H and O–H groups in total. The Kier molecular flexibility index (Phi) is 5.51. The fourth-order valence-corrected chi connectivity index (χ4v) is 4.07. The molecule has 0 aromatic carbocycles. The third-order valence-corrected chi connectivity index (χ3v) is 5.82. The first-order valence-corrected chi connectivity index (χ1v) is 9.06. The molecule has 0 saturated heterocycles. The first-order chi connectivity index (χ1) is 9.97. The number of nitrogens with one attached hydrogen (secondary N) is 2. The number of nitrogens with zero attached hydrogens (tertiary/aromatic N) is 2. The molecule has 0 radical (unpaired) electrons. The average molecular weight is 328 g/mol. The summed E-state index contributed by atoms with van der Waals surface area (Å²) in [6.07, 6.45) is 3.47. The Balaban J connectivity index is 1.89. The zero-order valence-corrected chi connectivity index (χ0v) is 13.7. The van der Waals surface area contributed by atoms with E-state index in [1.165, 1.54) is 11.3 Å². The van der Waals surface area contributed by atoms with Gasteiger partial charge in [-0.1, -0.05) is 13.8 Å². The molecule has 0 atom stereocenters. The molecule has 0 fully saturated rings. The number of sulfonamides is 1. The largest absolute Gasteiger partial charge is 0.310 e. The van der Waals surface area contributed by atoms with Gasteiger partial charge >= 0.3 is 0 Å². The van der Waals surface area contributed by atoms with Crippen molar-refractivity contribution in [2.45, 2.75) is 37.2 Å². The first-order valence-electron chi connectivity index (χ1n) is 6.76. The van der Waals surface area contributed by atoms with Gasteiger partial charge in [0.15, 0.2) is 0 Å². The molecule has 21 heavy (non-hydrogen) atoms. The van der Waals surface area contributed by atoms with Gasteiger partial charge in [0.05, 0.1) is 6.54 Å². The quantitative estimate of drug-likeness (QED) is 0.768. The van der Waals surface area contributed by atoms with Gasteiger partial charge in [-0.2, -0.15) is 5.10 Å². The predicted molar refractivity (Wildman–Crippen MR) is 83.7 cm³/mol. The molecule has 2 aromatic heterocycles. The van der Waals surface area contributed by atoms with Crippen molar-refractivity contribution in [3.8, 4) is 0 Å². The van der Waals surface area contributed by atoms with Crippen LogP contribution in [0.25, 0.3) is 0 Å². The highest BCUT2D eigenvalue weighted by Crippen LogP contribution is 2.21. The molecule has 0 unspecified atom stereocenters. The van der Waals surface area contributed by atoms with Gasteiger partial charge in [-0.25, -0.2) is 13.1 Å². The van der Waals surface area contributed by atoms with Crippen LogP contribution >= 0.6 is 11.3 Å². The fourth-order valence-electron chi connectivity index (χ4n) is 1.70. The molecule has 0 aliphatic carbocycles. The van der Waals surface area contributed by atoms with Crippen LogP contribution in [0.4, 0.5) is 0 Å². The summed E-state index contributed by atoms with van der Waals surface area (Å²) in [7, 11) is -3.43. The van der Waals surface area contributed by atoms with Crippen LogP contribution in [0.3, 0.4) is 0 Å². The lowest BCUT2D eigenvalue weighted by molar-refractivity contribution is 0.562. The van der Waals surface area contributed by atoms with E-state index >= 15 is 0 Å². The van der Waals surface area contributed by atoms with Gasteiger partial charge in [-0.05, 0) is 18.2 Å². The Hall–Kier alpha value is -1.22. The number of rotatable bonds is 8. The predicted octanol–water partition coefficient (Wildman–Crippen LogP) is 1.42. The van der Waals surface area contributed by atoms with Crippen molar-refractivity contribution in [2.24, 2.45) is 0 Å². The summed E-state index contributed by atoms with van der Waals surface area (Å²) in [6.45, 7) is 5.64. The second-order valence-electron chi connectivity index (χ2n) is 4.92. The van der Waals surface area contributed by atoms with Gasteiger partial charge in [-0.3, -0.25) is 4.68 Å². The minimum atomic E-state index is -3.43. The Morgan fingerprint density at radius 3 is 2.86 bits per heavy atom. The molecule has 0 amide bonds. The van der Waals surface area contributed by atoms with E-state index in [0.717, 1.165) is 4.88 Å². The molecule has 0 aliphatic heterocycles. The Labute approximate surface area is 129 Å². The van der Waals surface area contributed by atoms with Gasteiger partial charge < -0.3 is 5.32 Å². The maximum absolute atomic E-state index is 12.2. The summed E-state index contributed by atoms with van der Waals surface area (Å²) in [5.41, 5.74) is 0. The van der Waals surface area contributed by atoms with Crippen molar-refractivity contribution in [2.75, 3.05) is 6.54 Å².